The Labute approximate surface area is 186 Å². The molecule has 0 aliphatic carbocycles. The minimum absolute atomic E-state index is 0.0771. The molecular weight excluding hydrogens is 418 g/mol. The Hall–Kier alpha value is -3.75. The number of carbonyl (C=O) groups excluding carboxylic acids is 3. The molecule has 0 saturated heterocycles. The lowest BCUT2D eigenvalue weighted by molar-refractivity contribution is -0.145. The molecule has 0 unspecified atom stereocenters. The zero-order chi connectivity index (χ0) is 23.8. The van der Waals surface area contributed by atoms with Gasteiger partial charge in [-0.3, -0.25) is 9.59 Å². The molecule has 172 valence electrons. The topological polar surface area (TPSA) is 120 Å². The molecule has 2 aromatic carbocycles. The van der Waals surface area contributed by atoms with E-state index in [0.717, 1.165) is 0 Å². The van der Waals surface area contributed by atoms with Gasteiger partial charge in [0.15, 0.2) is 41.2 Å². The van der Waals surface area contributed by atoms with Crippen LogP contribution in [0.25, 0.3) is 0 Å². The highest BCUT2D eigenvalue weighted by Gasteiger charge is 2.19. The number of phenolic OH excluding ortho intramolecular Hbond substituents is 1. The van der Waals surface area contributed by atoms with Gasteiger partial charge in [0.1, 0.15) is 0 Å². The Morgan fingerprint density at radius 2 is 1.53 bits per heavy atom. The normalized spacial score (nSPS) is 10.3. The van der Waals surface area contributed by atoms with E-state index < -0.39 is 5.97 Å². The van der Waals surface area contributed by atoms with Crippen LogP contribution >= 0.6 is 0 Å². The number of methoxy groups -OCH3 is 2. The number of rotatable bonds is 11. The number of hydrogen-bond donors (Lipinski definition) is 2. The molecule has 0 amide bonds. The van der Waals surface area contributed by atoms with Crippen molar-refractivity contribution in [1.29, 1.82) is 0 Å². The molecule has 0 saturated carbocycles. The Morgan fingerprint density at radius 1 is 0.938 bits per heavy atom. The van der Waals surface area contributed by atoms with E-state index in [1.165, 1.54) is 46.3 Å². The zero-order valence-corrected chi connectivity index (χ0v) is 18.7. The molecule has 9 nitrogen and oxygen atoms in total. The number of hydrogen-bond acceptors (Lipinski definition) is 9. The molecule has 0 spiro atoms. The third-order valence-corrected chi connectivity index (χ3v) is 4.57. The van der Waals surface area contributed by atoms with Crippen molar-refractivity contribution in [2.75, 3.05) is 32.8 Å². The van der Waals surface area contributed by atoms with Crippen LogP contribution in [-0.4, -0.2) is 50.1 Å². The largest absolute Gasteiger partial charge is 0.503 e. The Morgan fingerprint density at radius 3 is 2.09 bits per heavy atom. The number of Topliss-reactive ketones (excluding diaryl/α,β-unsaturated/α-hetero) is 2. The maximum atomic E-state index is 12.0. The maximum Gasteiger partial charge on any atom is 0.344 e. The molecule has 32 heavy (non-hydrogen) atoms. The van der Waals surface area contributed by atoms with Crippen molar-refractivity contribution >= 4 is 23.2 Å². The van der Waals surface area contributed by atoms with Crippen molar-refractivity contribution in [2.45, 2.75) is 27.3 Å². The van der Waals surface area contributed by atoms with Crippen LogP contribution in [0.5, 0.6) is 23.0 Å². The maximum absolute atomic E-state index is 12.0. The number of ketones is 2. The van der Waals surface area contributed by atoms with Crippen molar-refractivity contribution in [3.63, 3.8) is 0 Å². The highest BCUT2D eigenvalue weighted by atomic mass is 16.6. The second-order valence-corrected chi connectivity index (χ2v) is 6.80. The molecule has 0 aromatic heterocycles. The van der Waals surface area contributed by atoms with Crippen LogP contribution in [0, 0.1) is 0 Å². The molecule has 0 bridgehead atoms. The molecule has 0 aliphatic heterocycles. The number of esters is 1. The van der Waals surface area contributed by atoms with Gasteiger partial charge < -0.3 is 29.4 Å². The van der Waals surface area contributed by atoms with E-state index in [2.05, 4.69) is 5.32 Å². The van der Waals surface area contributed by atoms with Gasteiger partial charge in [0, 0.05) is 23.2 Å². The number of benzene rings is 2. The van der Waals surface area contributed by atoms with Gasteiger partial charge in [0.25, 0.3) is 0 Å². The summed E-state index contributed by atoms with van der Waals surface area (Å²) >= 11 is 0. The summed E-state index contributed by atoms with van der Waals surface area (Å²) in [5.41, 5.74) is 1.46. The summed E-state index contributed by atoms with van der Waals surface area (Å²) in [5, 5.41) is 13.5. The van der Waals surface area contributed by atoms with Gasteiger partial charge in [-0.2, -0.15) is 0 Å². The molecule has 0 radical (unpaired) electrons. The number of aromatic hydroxyl groups is 1. The summed E-state index contributed by atoms with van der Waals surface area (Å²) in [6.45, 7) is 4.44. The lowest BCUT2D eigenvalue weighted by Crippen LogP contribution is -2.16. The van der Waals surface area contributed by atoms with Gasteiger partial charge in [0.2, 0.25) is 0 Å². The van der Waals surface area contributed by atoms with Crippen LogP contribution in [0.2, 0.25) is 0 Å². The Balaban J connectivity index is 2.44. The monoisotopic (exact) mass is 445 g/mol. The summed E-state index contributed by atoms with van der Waals surface area (Å²) < 4.78 is 21.0. The summed E-state index contributed by atoms with van der Waals surface area (Å²) in [6.07, 6.45) is 0. The van der Waals surface area contributed by atoms with Crippen LogP contribution < -0.4 is 19.5 Å². The Kier molecular flexibility index (Phi) is 8.46. The first-order chi connectivity index (χ1) is 15.2. The fourth-order valence-electron chi connectivity index (χ4n) is 2.94. The fraction of sp³-hybridized carbons (Fsp3) is 0.348. The van der Waals surface area contributed by atoms with Crippen LogP contribution in [0.1, 0.15) is 47.1 Å². The third kappa shape index (κ3) is 5.90. The molecule has 0 aliphatic rings. The number of ether oxygens (including phenoxy) is 4. The first-order valence-electron chi connectivity index (χ1n) is 9.87. The second kappa shape index (κ2) is 11.0. The SMILES string of the molecule is CCOC(=O)COc1c(CNc2cc(C(C)=O)cc(OC)c2O)cc(C(C)=O)cc1OC. The van der Waals surface area contributed by atoms with Gasteiger partial charge in [-0.1, -0.05) is 0 Å². The van der Waals surface area contributed by atoms with Crippen molar-refractivity contribution in [3.8, 4) is 23.0 Å². The molecule has 0 atom stereocenters. The van der Waals surface area contributed by atoms with E-state index in [4.69, 9.17) is 18.9 Å². The predicted octanol–water partition coefficient (Wildman–Crippen LogP) is 3.37. The molecular formula is C23H27NO8. The van der Waals surface area contributed by atoms with Crippen molar-refractivity contribution in [2.24, 2.45) is 0 Å². The van der Waals surface area contributed by atoms with Crippen LogP contribution in [0.3, 0.4) is 0 Å². The molecule has 0 heterocycles. The second-order valence-electron chi connectivity index (χ2n) is 6.80. The zero-order valence-electron chi connectivity index (χ0n) is 18.7. The first-order valence-corrected chi connectivity index (χ1v) is 9.87. The standard InChI is InChI=1S/C23H27NO8/c1-6-31-21(27)12-32-23-17(7-15(13(2)25)10-20(23)30-5)11-24-18-8-16(14(3)26)9-19(29-4)22(18)28/h7-10,24,28H,6,11-12H2,1-5H3. The van der Waals surface area contributed by atoms with Crippen molar-refractivity contribution < 1.29 is 38.4 Å². The lowest BCUT2D eigenvalue weighted by atomic mass is 10.0. The van der Waals surface area contributed by atoms with Gasteiger partial charge in [-0.15, -0.1) is 0 Å². The van der Waals surface area contributed by atoms with E-state index in [1.807, 2.05) is 0 Å². The number of phenols is 1. The van der Waals surface area contributed by atoms with Gasteiger partial charge in [0.05, 0.1) is 26.5 Å². The molecule has 9 heteroatoms. The number of nitrogens with one attached hydrogen (secondary N) is 1. The van der Waals surface area contributed by atoms with E-state index >= 15 is 0 Å². The molecule has 0 fully saturated rings. The summed E-state index contributed by atoms with van der Waals surface area (Å²) in [5.74, 6) is -0.490. The van der Waals surface area contributed by atoms with Crippen LogP contribution in [0.4, 0.5) is 5.69 Å². The summed E-state index contributed by atoms with van der Waals surface area (Å²) in [7, 11) is 2.80. The van der Waals surface area contributed by atoms with Crippen molar-refractivity contribution in [1.82, 2.24) is 0 Å². The van der Waals surface area contributed by atoms with Crippen LogP contribution in [-0.2, 0) is 16.1 Å². The molecule has 2 N–H and O–H groups in total. The lowest BCUT2D eigenvalue weighted by Gasteiger charge is -2.18. The summed E-state index contributed by atoms with van der Waals surface area (Å²) in [4.78, 5) is 35.6. The van der Waals surface area contributed by atoms with E-state index in [-0.39, 0.29) is 60.0 Å². The van der Waals surface area contributed by atoms with Gasteiger partial charge in [-0.25, -0.2) is 4.79 Å². The van der Waals surface area contributed by atoms with Gasteiger partial charge in [-0.05, 0) is 45.0 Å². The highest BCUT2D eigenvalue weighted by Crippen LogP contribution is 2.38. The van der Waals surface area contributed by atoms with E-state index in [9.17, 15) is 19.5 Å². The van der Waals surface area contributed by atoms with Crippen molar-refractivity contribution in [3.05, 3.63) is 41.0 Å². The van der Waals surface area contributed by atoms with E-state index in [0.29, 0.717) is 16.7 Å². The Bertz CT molecular complexity index is 1020. The quantitative estimate of drug-likeness (QED) is 0.305. The minimum atomic E-state index is -0.555. The van der Waals surface area contributed by atoms with Crippen LogP contribution in [0.15, 0.2) is 24.3 Å². The molecule has 2 rings (SSSR count). The summed E-state index contributed by atoms with van der Waals surface area (Å²) in [6, 6.07) is 6.05. The van der Waals surface area contributed by atoms with E-state index in [1.54, 1.807) is 13.0 Å². The number of carbonyl (C=O) groups is 3. The average Bonchev–Trinajstić information content (AvgIpc) is 2.76. The molecule has 2 aromatic rings. The number of anilines is 1. The smallest absolute Gasteiger partial charge is 0.344 e. The average molecular weight is 445 g/mol. The fourth-order valence-corrected chi connectivity index (χ4v) is 2.94. The third-order valence-electron chi connectivity index (χ3n) is 4.57. The highest BCUT2D eigenvalue weighted by molar-refractivity contribution is 5.96. The minimum Gasteiger partial charge on any atom is -0.503 e. The first kappa shape index (κ1) is 24.5. The predicted molar refractivity (Wildman–Crippen MR) is 117 cm³/mol. The van der Waals surface area contributed by atoms with Gasteiger partial charge >= 0.3 is 5.97 Å².